The van der Waals surface area contributed by atoms with Crippen LogP contribution in [0.2, 0.25) is 0 Å². The largest absolute Gasteiger partial charge is 0.416 e. The van der Waals surface area contributed by atoms with Crippen molar-refractivity contribution < 1.29 is 21.6 Å². The molecule has 0 heterocycles. The van der Waals surface area contributed by atoms with Crippen LogP contribution in [0, 0.1) is 0 Å². The zero-order chi connectivity index (χ0) is 16.4. The molecule has 0 aromatic heterocycles. The molecule has 1 fully saturated rings. The molecule has 0 bridgehead atoms. The van der Waals surface area contributed by atoms with Crippen molar-refractivity contribution in [3.05, 3.63) is 35.4 Å². The molecule has 3 N–H and O–H groups in total. The summed E-state index contributed by atoms with van der Waals surface area (Å²) < 4.78 is 65.5. The Hall–Kier alpha value is -1.12. The van der Waals surface area contributed by atoms with Crippen LogP contribution in [0.4, 0.5) is 13.2 Å². The quantitative estimate of drug-likeness (QED) is 0.887. The van der Waals surface area contributed by atoms with Crippen LogP contribution < -0.4 is 10.5 Å². The summed E-state index contributed by atoms with van der Waals surface area (Å²) in [4.78, 5) is 0. The highest BCUT2D eigenvalue weighted by Gasteiger charge is 2.34. The molecule has 8 heteroatoms. The van der Waals surface area contributed by atoms with Crippen LogP contribution in [0.5, 0.6) is 0 Å². The lowest BCUT2D eigenvalue weighted by molar-refractivity contribution is -0.138. The molecule has 2 unspecified atom stereocenters. The summed E-state index contributed by atoms with van der Waals surface area (Å²) in [6.45, 7) is 0. The number of rotatable bonds is 4. The molecule has 2 rings (SSSR count). The van der Waals surface area contributed by atoms with Crippen LogP contribution >= 0.6 is 0 Å². The van der Waals surface area contributed by atoms with E-state index in [9.17, 15) is 21.6 Å². The van der Waals surface area contributed by atoms with Crippen molar-refractivity contribution in [1.82, 2.24) is 4.72 Å². The second-order valence-electron chi connectivity index (χ2n) is 5.59. The summed E-state index contributed by atoms with van der Waals surface area (Å²) in [5.41, 5.74) is 4.69. The SMILES string of the molecule is NC1CCCCC1NS(=O)(=O)Cc1ccccc1C(F)(F)F. The van der Waals surface area contributed by atoms with E-state index in [1.54, 1.807) is 0 Å². The third-order valence-corrected chi connectivity index (χ3v) is 5.17. The predicted octanol–water partition coefficient (Wildman–Crippen LogP) is 2.39. The lowest BCUT2D eigenvalue weighted by Gasteiger charge is -2.29. The van der Waals surface area contributed by atoms with Crippen molar-refractivity contribution in [2.24, 2.45) is 5.73 Å². The maximum atomic E-state index is 12.9. The number of sulfonamides is 1. The Kier molecular flexibility index (Phi) is 5.14. The molecule has 124 valence electrons. The van der Waals surface area contributed by atoms with Crippen molar-refractivity contribution in [2.75, 3.05) is 0 Å². The van der Waals surface area contributed by atoms with Crippen LogP contribution in [0.15, 0.2) is 24.3 Å². The fraction of sp³-hybridized carbons (Fsp3) is 0.571. The normalized spacial score (nSPS) is 23.5. The van der Waals surface area contributed by atoms with E-state index < -0.39 is 33.6 Å². The number of hydrogen-bond acceptors (Lipinski definition) is 3. The average molecular weight is 336 g/mol. The highest BCUT2D eigenvalue weighted by Crippen LogP contribution is 2.32. The number of nitrogens with two attached hydrogens (primary N) is 1. The first-order valence-electron chi connectivity index (χ1n) is 7.10. The van der Waals surface area contributed by atoms with Gasteiger partial charge in [0.25, 0.3) is 0 Å². The van der Waals surface area contributed by atoms with Gasteiger partial charge >= 0.3 is 6.18 Å². The standard InChI is InChI=1S/C14H19F3N2O2S/c15-14(16,17)11-6-2-1-5-10(11)9-22(20,21)19-13-8-4-3-7-12(13)18/h1-2,5-6,12-13,19H,3-4,7-9,18H2. The molecular formula is C14H19F3N2O2S. The van der Waals surface area contributed by atoms with Gasteiger partial charge in [0, 0.05) is 12.1 Å². The van der Waals surface area contributed by atoms with E-state index in [0.717, 1.165) is 18.9 Å². The third-order valence-electron chi connectivity index (χ3n) is 3.82. The molecule has 0 amide bonds. The van der Waals surface area contributed by atoms with Gasteiger partial charge in [-0.25, -0.2) is 13.1 Å². The zero-order valence-electron chi connectivity index (χ0n) is 11.9. The Balaban J connectivity index is 2.16. The van der Waals surface area contributed by atoms with Gasteiger partial charge in [-0.3, -0.25) is 0 Å². The van der Waals surface area contributed by atoms with Crippen LogP contribution in [0.3, 0.4) is 0 Å². The molecule has 1 aliphatic rings. The minimum Gasteiger partial charge on any atom is -0.326 e. The highest BCUT2D eigenvalue weighted by atomic mass is 32.2. The first-order chi connectivity index (χ1) is 10.2. The fourth-order valence-corrected chi connectivity index (χ4v) is 4.20. The summed E-state index contributed by atoms with van der Waals surface area (Å²) in [6.07, 6.45) is -1.45. The summed E-state index contributed by atoms with van der Waals surface area (Å²) in [5, 5.41) is 0. The van der Waals surface area contributed by atoms with E-state index in [2.05, 4.69) is 4.72 Å². The number of nitrogens with one attached hydrogen (secondary N) is 1. The van der Waals surface area contributed by atoms with Gasteiger partial charge in [-0.1, -0.05) is 31.0 Å². The molecule has 0 radical (unpaired) electrons. The van der Waals surface area contributed by atoms with Gasteiger partial charge in [-0.05, 0) is 24.5 Å². The molecule has 2 atom stereocenters. The lowest BCUT2D eigenvalue weighted by atomic mass is 9.92. The first-order valence-corrected chi connectivity index (χ1v) is 8.75. The molecule has 1 saturated carbocycles. The maximum Gasteiger partial charge on any atom is 0.416 e. The van der Waals surface area contributed by atoms with Crippen LogP contribution in [0.25, 0.3) is 0 Å². The van der Waals surface area contributed by atoms with E-state index in [1.807, 2.05) is 0 Å². The number of hydrogen-bond donors (Lipinski definition) is 2. The average Bonchev–Trinajstić information content (AvgIpc) is 2.40. The van der Waals surface area contributed by atoms with Crippen molar-refractivity contribution in [3.8, 4) is 0 Å². The summed E-state index contributed by atoms with van der Waals surface area (Å²) in [5.74, 6) is -0.702. The second kappa shape index (κ2) is 6.55. The Labute approximate surface area is 127 Å². The molecule has 1 aromatic rings. The van der Waals surface area contributed by atoms with Gasteiger partial charge in [0.15, 0.2) is 0 Å². The second-order valence-corrected chi connectivity index (χ2v) is 7.34. The monoisotopic (exact) mass is 336 g/mol. The maximum absolute atomic E-state index is 12.9. The number of alkyl halides is 3. The molecule has 0 spiro atoms. The van der Waals surface area contributed by atoms with Crippen LogP contribution in [-0.2, 0) is 22.0 Å². The van der Waals surface area contributed by atoms with Crippen molar-refractivity contribution in [2.45, 2.75) is 49.7 Å². The number of halogens is 3. The molecule has 1 aliphatic carbocycles. The molecule has 22 heavy (non-hydrogen) atoms. The fourth-order valence-electron chi connectivity index (χ4n) is 2.71. The minimum absolute atomic E-state index is 0.258. The van der Waals surface area contributed by atoms with Gasteiger partial charge in [-0.15, -0.1) is 0 Å². The van der Waals surface area contributed by atoms with Gasteiger partial charge in [0.2, 0.25) is 10.0 Å². The smallest absolute Gasteiger partial charge is 0.326 e. The van der Waals surface area contributed by atoms with E-state index >= 15 is 0 Å². The highest BCUT2D eigenvalue weighted by molar-refractivity contribution is 7.88. The zero-order valence-corrected chi connectivity index (χ0v) is 12.8. The molecule has 4 nitrogen and oxygen atoms in total. The van der Waals surface area contributed by atoms with E-state index in [1.165, 1.54) is 18.2 Å². The Morgan fingerprint density at radius 1 is 1.18 bits per heavy atom. The van der Waals surface area contributed by atoms with E-state index in [0.29, 0.717) is 12.8 Å². The van der Waals surface area contributed by atoms with E-state index in [4.69, 9.17) is 5.73 Å². The Bertz CT molecular complexity index is 617. The Morgan fingerprint density at radius 3 is 2.45 bits per heavy atom. The first kappa shape index (κ1) is 17.2. The van der Waals surface area contributed by atoms with Gasteiger partial charge in [0.1, 0.15) is 0 Å². The van der Waals surface area contributed by atoms with Crippen LogP contribution in [-0.4, -0.2) is 20.5 Å². The summed E-state index contributed by atoms with van der Waals surface area (Å²) in [6, 6.07) is 4.01. The lowest BCUT2D eigenvalue weighted by Crippen LogP contribution is -2.49. The Morgan fingerprint density at radius 2 is 1.82 bits per heavy atom. The van der Waals surface area contributed by atoms with Gasteiger partial charge in [-0.2, -0.15) is 13.2 Å². The predicted molar refractivity (Wildman–Crippen MR) is 77.4 cm³/mol. The molecule has 1 aromatic carbocycles. The van der Waals surface area contributed by atoms with Gasteiger partial charge in [0.05, 0.1) is 11.3 Å². The number of benzene rings is 1. The van der Waals surface area contributed by atoms with Crippen LogP contribution in [0.1, 0.15) is 36.8 Å². The van der Waals surface area contributed by atoms with Gasteiger partial charge < -0.3 is 5.73 Å². The molecular weight excluding hydrogens is 317 g/mol. The van der Waals surface area contributed by atoms with Crippen molar-refractivity contribution in [1.29, 1.82) is 0 Å². The minimum atomic E-state index is -4.58. The van der Waals surface area contributed by atoms with Crippen molar-refractivity contribution >= 4 is 10.0 Å². The third kappa shape index (κ3) is 4.44. The molecule has 0 aliphatic heterocycles. The van der Waals surface area contributed by atoms with E-state index in [-0.39, 0.29) is 11.6 Å². The summed E-state index contributed by atoms with van der Waals surface area (Å²) in [7, 11) is -3.88. The topological polar surface area (TPSA) is 72.2 Å². The molecule has 0 saturated heterocycles. The van der Waals surface area contributed by atoms with Crippen molar-refractivity contribution in [3.63, 3.8) is 0 Å². The summed E-state index contributed by atoms with van der Waals surface area (Å²) >= 11 is 0.